The summed E-state index contributed by atoms with van der Waals surface area (Å²) >= 11 is 5.75. The summed E-state index contributed by atoms with van der Waals surface area (Å²) in [6.07, 6.45) is -0.575. The fraction of sp³-hybridized carbons (Fsp3) is 0.273. The fourth-order valence-corrected chi connectivity index (χ4v) is 1.75. The highest BCUT2D eigenvalue weighted by Crippen LogP contribution is 2.32. The Morgan fingerprint density at radius 1 is 1.35 bits per heavy atom. The molecule has 0 spiro atoms. The molecule has 0 aliphatic rings. The summed E-state index contributed by atoms with van der Waals surface area (Å²) in [5.74, 6) is 0.194. The number of aromatic nitrogens is 3. The molecule has 5 nitrogen and oxygen atoms in total. The molecule has 2 aromatic heterocycles. The van der Waals surface area contributed by atoms with Crippen molar-refractivity contribution >= 4 is 23.1 Å². The molecule has 0 fully saturated rings. The Morgan fingerprint density at radius 2 is 2.10 bits per heavy atom. The summed E-state index contributed by atoms with van der Waals surface area (Å²) < 4.78 is 38.9. The molecular formula is C11H11ClF3N5. The second kappa shape index (κ2) is 5.58. The molecule has 3 N–H and O–H groups in total. The molecule has 0 saturated carbocycles. The number of nitrogens with one attached hydrogen (secondary N) is 1. The summed E-state index contributed by atoms with van der Waals surface area (Å²) in [5.41, 5.74) is 5.16. The van der Waals surface area contributed by atoms with Gasteiger partial charge in [0.05, 0.1) is 29.0 Å². The molecule has 0 unspecified atom stereocenters. The van der Waals surface area contributed by atoms with Gasteiger partial charge in [-0.3, -0.25) is 4.68 Å². The number of nitrogen functional groups attached to an aromatic ring is 1. The van der Waals surface area contributed by atoms with Crippen molar-refractivity contribution < 1.29 is 13.2 Å². The fourth-order valence-electron chi connectivity index (χ4n) is 1.51. The lowest BCUT2D eigenvalue weighted by molar-refractivity contribution is -0.137. The van der Waals surface area contributed by atoms with Gasteiger partial charge in [0.1, 0.15) is 5.82 Å². The minimum Gasteiger partial charge on any atom is -0.396 e. The highest BCUT2D eigenvalue weighted by Gasteiger charge is 2.31. The third-order valence-electron chi connectivity index (χ3n) is 2.46. The van der Waals surface area contributed by atoms with Gasteiger partial charge < -0.3 is 11.1 Å². The number of alkyl halides is 3. The van der Waals surface area contributed by atoms with Crippen LogP contribution in [0.4, 0.5) is 24.7 Å². The molecular weight excluding hydrogens is 295 g/mol. The first-order chi connectivity index (χ1) is 9.36. The maximum Gasteiger partial charge on any atom is 0.417 e. The molecule has 0 atom stereocenters. The van der Waals surface area contributed by atoms with E-state index in [1.165, 1.54) is 6.20 Å². The highest BCUT2D eigenvalue weighted by molar-refractivity contribution is 6.32. The van der Waals surface area contributed by atoms with Crippen LogP contribution in [0.1, 0.15) is 5.56 Å². The second-order valence-corrected chi connectivity index (χ2v) is 4.42. The first-order valence-electron chi connectivity index (χ1n) is 5.61. The number of hydrogen-bond donors (Lipinski definition) is 2. The van der Waals surface area contributed by atoms with Gasteiger partial charge >= 0.3 is 6.18 Å². The average molecular weight is 306 g/mol. The maximum atomic E-state index is 12.4. The van der Waals surface area contributed by atoms with E-state index in [0.717, 1.165) is 12.3 Å². The third-order valence-corrected chi connectivity index (χ3v) is 2.74. The minimum absolute atomic E-state index is 0.0835. The van der Waals surface area contributed by atoms with Crippen molar-refractivity contribution in [1.82, 2.24) is 14.8 Å². The molecule has 0 amide bonds. The van der Waals surface area contributed by atoms with Crippen LogP contribution < -0.4 is 11.1 Å². The Labute approximate surface area is 117 Å². The topological polar surface area (TPSA) is 68.8 Å². The molecule has 108 valence electrons. The lowest BCUT2D eigenvalue weighted by Gasteiger charge is -2.10. The van der Waals surface area contributed by atoms with Crippen LogP contribution in [-0.2, 0) is 12.7 Å². The zero-order chi connectivity index (χ0) is 14.8. The van der Waals surface area contributed by atoms with Crippen LogP contribution in [0.2, 0.25) is 5.02 Å². The van der Waals surface area contributed by atoms with Crippen LogP contribution in [0, 0.1) is 0 Å². The molecule has 0 aliphatic carbocycles. The van der Waals surface area contributed by atoms with E-state index >= 15 is 0 Å². The van der Waals surface area contributed by atoms with Gasteiger partial charge in [0.25, 0.3) is 0 Å². The molecule has 0 aromatic carbocycles. The first-order valence-corrected chi connectivity index (χ1v) is 5.98. The van der Waals surface area contributed by atoms with Crippen molar-refractivity contribution in [3.05, 3.63) is 35.2 Å². The number of nitrogens with zero attached hydrogens (tertiary/aromatic N) is 3. The molecule has 2 aromatic rings. The number of nitrogens with two attached hydrogens (primary N) is 1. The van der Waals surface area contributed by atoms with Crippen molar-refractivity contribution in [2.75, 3.05) is 17.6 Å². The van der Waals surface area contributed by atoms with E-state index in [1.807, 2.05) is 0 Å². The van der Waals surface area contributed by atoms with Gasteiger partial charge in [-0.05, 0) is 6.07 Å². The lowest BCUT2D eigenvalue weighted by atomic mass is 10.3. The molecule has 2 heterocycles. The summed E-state index contributed by atoms with van der Waals surface area (Å²) in [6, 6.07) is 0.836. The van der Waals surface area contributed by atoms with Crippen LogP contribution in [0.5, 0.6) is 0 Å². The van der Waals surface area contributed by atoms with Gasteiger partial charge in [-0.1, -0.05) is 11.6 Å². The van der Waals surface area contributed by atoms with Crippen molar-refractivity contribution in [3.8, 4) is 0 Å². The van der Waals surface area contributed by atoms with Gasteiger partial charge in [0.2, 0.25) is 0 Å². The summed E-state index contributed by atoms with van der Waals surface area (Å²) in [5, 5.41) is 6.72. The number of rotatable bonds is 4. The Balaban J connectivity index is 1.96. The predicted octanol–water partition coefficient (Wildman–Crippen LogP) is 2.64. The van der Waals surface area contributed by atoms with Crippen LogP contribution in [0.25, 0.3) is 0 Å². The Kier molecular flexibility index (Phi) is 4.03. The van der Waals surface area contributed by atoms with Crippen LogP contribution in [0.15, 0.2) is 24.7 Å². The van der Waals surface area contributed by atoms with E-state index in [1.54, 1.807) is 10.9 Å². The quantitative estimate of drug-likeness (QED) is 0.911. The zero-order valence-corrected chi connectivity index (χ0v) is 10.9. The van der Waals surface area contributed by atoms with Crippen molar-refractivity contribution in [3.63, 3.8) is 0 Å². The van der Waals surface area contributed by atoms with E-state index in [4.69, 9.17) is 17.3 Å². The van der Waals surface area contributed by atoms with Gasteiger partial charge in [-0.2, -0.15) is 18.3 Å². The maximum absolute atomic E-state index is 12.4. The second-order valence-electron chi connectivity index (χ2n) is 4.02. The molecule has 0 radical (unpaired) electrons. The third kappa shape index (κ3) is 3.53. The van der Waals surface area contributed by atoms with Crippen molar-refractivity contribution in [2.45, 2.75) is 12.7 Å². The molecule has 0 saturated heterocycles. The lowest BCUT2D eigenvalue weighted by Crippen LogP contribution is -2.13. The average Bonchev–Trinajstić information content (AvgIpc) is 2.76. The minimum atomic E-state index is -4.46. The zero-order valence-electron chi connectivity index (χ0n) is 10.2. The molecule has 2 rings (SSSR count). The number of halogens is 4. The monoisotopic (exact) mass is 305 g/mol. The number of pyridine rings is 1. The van der Waals surface area contributed by atoms with E-state index in [-0.39, 0.29) is 10.8 Å². The van der Waals surface area contributed by atoms with E-state index in [0.29, 0.717) is 18.8 Å². The molecule has 0 bridgehead atoms. The van der Waals surface area contributed by atoms with Gasteiger partial charge in [0, 0.05) is 18.9 Å². The van der Waals surface area contributed by atoms with Crippen molar-refractivity contribution in [1.29, 1.82) is 0 Å². The number of hydrogen-bond acceptors (Lipinski definition) is 4. The summed E-state index contributed by atoms with van der Waals surface area (Å²) in [4.78, 5) is 3.66. The predicted molar refractivity (Wildman–Crippen MR) is 69.4 cm³/mol. The Hall–Kier alpha value is -1.96. The van der Waals surface area contributed by atoms with Gasteiger partial charge in [-0.25, -0.2) is 4.98 Å². The largest absolute Gasteiger partial charge is 0.417 e. The summed E-state index contributed by atoms with van der Waals surface area (Å²) in [7, 11) is 0. The van der Waals surface area contributed by atoms with E-state index in [2.05, 4.69) is 15.4 Å². The highest BCUT2D eigenvalue weighted by atomic mass is 35.5. The molecule has 0 aliphatic heterocycles. The van der Waals surface area contributed by atoms with E-state index in [9.17, 15) is 13.2 Å². The Morgan fingerprint density at radius 3 is 2.65 bits per heavy atom. The van der Waals surface area contributed by atoms with Gasteiger partial charge in [0.15, 0.2) is 0 Å². The first kappa shape index (κ1) is 14.4. The number of anilines is 2. The van der Waals surface area contributed by atoms with Crippen LogP contribution in [0.3, 0.4) is 0 Å². The SMILES string of the molecule is Nc1cnn(CCNc2ncc(C(F)(F)F)cc2Cl)c1. The van der Waals surface area contributed by atoms with Crippen molar-refractivity contribution in [2.24, 2.45) is 0 Å². The van der Waals surface area contributed by atoms with Crippen LogP contribution in [-0.4, -0.2) is 21.3 Å². The summed E-state index contributed by atoms with van der Waals surface area (Å²) in [6.45, 7) is 0.884. The normalized spacial score (nSPS) is 11.6. The molecule has 20 heavy (non-hydrogen) atoms. The van der Waals surface area contributed by atoms with Crippen LogP contribution >= 0.6 is 11.6 Å². The van der Waals surface area contributed by atoms with Gasteiger partial charge in [-0.15, -0.1) is 0 Å². The smallest absolute Gasteiger partial charge is 0.396 e. The standard InChI is InChI=1S/C11H11ClF3N5/c12-9-3-7(11(13,14)15)4-18-10(9)17-1-2-20-6-8(16)5-19-20/h3-6H,1-2,16H2,(H,17,18). The van der Waals surface area contributed by atoms with E-state index < -0.39 is 11.7 Å². The molecule has 9 heteroatoms. The Bertz CT molecular complexity index is 596.